The summed E-state index contributed by atoms with van der Waals surface area (Å²) in [7, 11) is 0. The number of hydrogen-bond acceptors (Lipinski definition) is 6. The minimum atomic E-state index is -0.147. The minimum absolute atomic E-state index is 0.0527. The molecule has 9 heteroatoms. The van der Waals surface area contributed by atoms with Crippen molar-refractivity contribution in [3.05, 3.63) is 59.9 Å². The van der Waals surface area contributed by atoms with E-state index in [1.807, 2.05) is 55.1 Å². The van der Waals surface area contributed by atoms with Gasteiger partial charge in [0.25, 0.3) is 5.91 Å². The Kier molecular flexibility index (Phi) is 7.02. The van der Waals surface area contributed by atoms with Crippen molar-refractivity contribution in [1.29, 1.82) is 0 Å². The highest BCUT2D eigenvalue weighted by Crippen LogP contribution is 2.24. The molecular formula is C25H31N7O2. The van der Waals surface area contributed by atoms with Gasteiger partial charge < -0.3 is 10.2 Å². The molecule has 1 saturated heterocycles. The third-order valence-electron chi connectivity index (χ3n) is 6.20. The number of nitrogens with zero attached hydrogens (tertiary/aromatic N) is 6. The second-order valence-electron chi connectivity index (χ2n) is 9.08. The smallest absolute Gasteiger partial charge is 0.251 e. The van der Waals surface area contributed by atoms with Gasteiger partial charge in [0.05, 0.1) is 5.69 Å². The molecule has 0 saturated carbocycles. The Morgan fingerprint density at radius 2 is 1.88 bits per heavy atom. The summed E-state index contributed by atoms with van der Waals surface area (Å²) in [6, 6.07) is 14.0. The van der Waals surface area contributed by atoms with Crippen molar-refractivity contribution < 1.29 is 9.59 Å². The lowest BCUT2D eigenvalue weighted by Crippen LogP contribution is -2.55. The highest BCUT2D eigenvalue weighted by molar-refractivity contribution is 5.96. The zero-order valence-corrected chi connectivity index (χ0v) is 20.1. The van der Waals surface area contributed by atoms with Gasteiger partial charge in [-0.05, 0) is 60.5 Å². The van der Waals surface area contributed by atoms with E-state index in [4.69, 9.17) is 0 Å². The maximum Gasteiger partial charge on any atom is 0.251 e. The van der Waals surface area contributed by atoms with Gasteiger partial charge in [-0.25, -0.2) is 4.68 Å². The van der Waals surface area contributed by atoms with Crippen molar-refractivity contribution in [2.75, 3.05) is 26.2 Å². The van der Waals surface area contributed by atoms with E-state index in [1.165, 1.54) is 11.9 Å². The van der Waals surface area contributed by atoms with Crippen LogP contribution in [-0.2, 0) is 4.79 Å². The van der Waals surface area contributed by atoms with Crippen molar-refractivity contribution in [3.8, 4) is 16.8 Å². The number of piperazine rings is 1. The molecule has 178 valence electrons. The molecule has 4 rings (SSSR count). The van der Waals surface area contributed by atoms with Gasteiger partial charge in [-0.15, -0.1) is 5.10 Å². The number of aromatic nitrogens is 4. The highest BCUT2D eigenvalue weighted by atomic mass is 16.2. The lowest BCUT2D eigenvalue weighted by Gasteiger charge is -2.40. The number of benzene rings is 2. The van der Waals surface area contributed by atoms with E-state index in [9.17, 15) is 9.59 Å². The molecular weight excluding hydrogens is 430 g/mol. The molecule has 9 nitrogen and oxygen atoms in total. The van der Waals surface area contributed by atoms with Crippen molar-refractivity contribution in [2.24, 2.45) is 0 Å². The van der Waals surface area contributed by atoms with Gasteiger partial charge in [0.15, 0.2) is 0 Å². The molecule has 0 spiro atoms. The molecule has 0 radical (unpaired) electrons. The van der Waals surface area contributed by atoms with E-state index >= 15 is 0 Å². The van der Waals surface area contributed by atoms with Gasteiger partial charge in [-0.1, -0.05) is 29.8 Å². The molecule has 1 aliphatic heterocycles. The fourth-order valence-electron chi connectivity index (χ4n) is 4.47. The normalized spacial score (nSPS) is 17.4. The molecule has 0 aliphatic carbocycles. The average molecular weight is 462 g/mol. The molecule has 1 aliphatic rings. The number of rotatable bonds is 6. The predicted molar refractivity (Wildman–Crippen MR) is 130 cm³/mol. The van der Waals surface area contributed by atoms with Crippen LogP contribution in [0, 0.1) is 6.92 Å². The Hall–Kier alpha value is -3.59. The predicted octanol–water partition coefficient (Wildman–Crippen LogP) is 2.31. The first-order valence-electron chi connectivity index (χ1n) is 11.6. The van der Waals surface area contributed by atoms with E-state index in [2.05, 4.69) is 32.7 Å². The zero-order valence-electron chi connectivity index (χ0n) is 20.1. The molecule has 2 atom stereocenters. The first kappa shape index (κ1) is 23.6. The van der Waals surface area contributed by atoms with E-state index in [1.54, 1.807) is 17.7 Å². The van der Waals surface area contributed by atoms with Crippen molar-refractivity contribution in [2.45, 2.75) is 39.8 Å². The zero-order chi connectivity index (χ0) is 24.2. The summed E-state index contributed by atoms with van der Waals surface area (Å²) in [5.74, 6) is -0.0356. The van der Waals surface area contributed by atoms with Crippen LogP contribution in [0.25, 0.3) is 16.8 Å². The third kappa shape index (κ3) is 5.48. The second kappa shape index (κ2) is 10.1. The fourth-order valence-corrected chi connectivity index (χ4v) is 4.47. The number of nitrogens with one attached hydrogen (secondary N) is 1. The van der Waals surface area contributed by atoms with Crippen LogP contribution < -0.4 is 5.32 Å². The quantitative estimate of drug-likeness (QED) is 0.605. The number of hydrogen-bond donors (Lipinski definition) is 1. The number of carbonyl (C=O) groups excluding carboxylic acids is 2. The molecule has 0 bridgehead atoms. The lowest BCUT2D eigenvalue weighted by molar-refractivity contribution is -0.133. The molecule has 2 unspecified atom stereocenters. The van der Waals surface area contributed by atoms with Gasteiger partial charge in [0, 0.05) is 50.7 Å². The summed E-state index contributed by atoms with van der Waals surface area (Å²) in [6.45, 7) is 10.8. The molecule has 2 amide bonds. The monoisotopic (exact) mass is 461 g/mol. The summed E-state index contributed by atoms with van der Waals surface area (Å²) < 4.78 is 1.55. The van der Waals surface area contributed by atoms with Crippen LogP contribution in [0.2, 0.25) is 0 Å². The second-order valence-corrected chi connectivity index (χ2v) is 9.08. The van der Waals surface area contributed by atoms with Gasteiger partial charge >= 0.3 is 0 Å². The van der Waals surface area contributed by atoms with Crippen molar-refractivity contribution in [1.82, 2.24) is 35.3 Å². The summed E-state index contributed by atoms with van der Waals surface area (Å²) in [6.07, 6.45) is 1.51. The van der Waals surface area contributed by atoms with E-state index < -0.39 is 0 Å². The Balaban J connectivity index is 1.50. The highest BCUT2D eigenvalue weighted by Gasteiger charge is 2.26. The number of tetrazole rings is 1. The summed E-state index contributed by atoms with van der Waals surface area (Å²) in [5, 5.41) is 14.6. The molecule has 3 aromatic rings. The van der Waals surface area contributed by atoms with E-state index in [0.29, 0.717) is 12.1 Å². The van der Waals surface area contributed by atoms with Gasteiger partial charge in [-0.2, -0.15) is 0 Å². The Labute approximate surface area is 199 Å². The number of aryl methyl sites for hydroxylation is 1. The summed E-state index contributed by atoms with van der Waals surface area (Å²) >= 11 is 0. The molecule has 1 N–H and O–H groups in total. The standard InChI is InChI=1S/C25H31N7O2/c1-17-5-7-21(8-6-17)22-11-23(13-24(12-22)32-16-26-28-29-32)25(34)27-18(2)14-30-9-10-31(20(4)33)19(3)15-30/h5-8,11-13,16,18-19H,9-10,14-15H2,1-4H3,(H,27,34). The van der Waals surface area contributed by atoms with Gasteiger partial charge in [-0.3, -0.25) is 14.5 Å². The van der Waals surface area contributed by atoms with Crippen LogP contribution in [0.3, 0.4) is 0 Å². The lowest BCUT2D eigenvalue weighted by atomic mass is 10.0. The Bertz CT molecular complexity index is 1140. The SMILES string of the molecule is CC(=O)N1CCN(CC(C)NC(=O)c2cc(-c3ccc(C)cc3)cc(-n3cnnn3)c2)CC1C. The Morgan fingerprint density at radius 1 is 1.12 bits per heavy atom. The third-order valence-corrected chi connectivity index (χ3v) is 6.20. The van der Waals surface area contributed by atoms with Crippen molar-refractivity contribution in [3.63, 3.8) is 0 Å². The van der Waals surface area contributed by atoms with Crippen molar-refractivity contribution >= 4 is 11.8 Å². The summed E-state index contributed by atoms with van der Waals surface area (Å²) in [4.78, 5) is 29.2. The summed E-state index contributed by atoms with van der Waals surface area (Å²) in [5.41, 5.74) is 4.37. The van der Waals surface area contributed by atoms with Crippen LogP contribution in [0.1, 0.15) is 36.7 Å². The first-order chi connectivity index (χ1) is 16.3. The first-order valence-corrected chi connectivity index (χ1v) is 11.6. The van der Waals surface area contributed by atoms with Crippen LogP contribution in [-0.4, -0.2) is 80.1 Å². The molecule has 34 heavy (non-hydrogen) atoms. The van der Waals surface area contributed by atoms with Gasteiger partial charge in [0.2, 0.25) is 5.91 Å². The van der Waals surface area contributed by atoms with Gasteiger partial charge in [0.1, 0.15) is 6.33 Å². The van der Waals surface area contributed by atoms with E-state index in [0.717, 1.165) is 36.4 Å². The molecule has 2 aromatic carbocycles. The number of carbonyl (C=O) groups is 2. The van der Waals surface area contributed by atoms with Crippen LogP contribution in [0.15, 0.2) is 48.8 Å². The molecule has 1 aromatic heterocycles. The largest absolute Gasteiger partial charge is 0.348 e. The van der Waals surface area contributed by atoms with E-state index in [-0.39, 0.29) is 23.9 Å². The topological polar surface area (TPSA) is 96.2 Å². The van der Waals surface area contributed by atoms with Crippen LogP contribution in [0.4, 0.5) is 0 Å². The average Bonchev–Trinajstić information content (AvgIpc) is 3.34. The van der Waals surface area contributed by atoms with Crippen LogP contribution >= 0.6 is 0 Å². The fraction of sp³-hybridized carbons (Fsp3) is 0.400. The molecule has 2 heterocycles. The molecule has 1 fully saturated rings. The van der Waals surface area contributed by atoms with Crippen LogP contribution in [0.5, 0.6) is 0 Å². The maximum absolute atomic E-state index is 13.2. The number of amides is 2. The Morgan fingerprint density at radius 3 is 2.53 bits per heavy atom. The maximum atomic E-state index is 13.2. The minimum Gasteiger partial charge on any atom is -0.348 e.